The van der Waals surface area contributed by atoms with Crippen molar-refractivity contribution in [3.05, 3.63) is 48.6 Å². The molecular weight excluding hydrogens is 1690 g/mol. The number of carboxylic acid groups (broad SMARTS) is 1. The summed E-state index contributed by atoms with van der Waals surface area (Å²) in [5, 5.41) is 6.23. The van der Waals surface area contributed by atoms with Crippen LogP contribution in [-0.4, -0.2) is 109 Å². The summed E-state index contributed by atoms with van der Waals surface area (Å²) in [6.45, 7) is 32.9. The average molecular weight is 1830 g/mol. The van der Waals surface area contributed by atoms with Crippen molar-refractivity contribution in [2.75, 3.05) is 13.2 Å². The number of nitrogens with one attached hydrogen (secondary N) is 2. The van der Waals surface area contributed by atoms with Gasteiger partial charge in [-0.2, -0.15) is 37.6 Å². The molecule has 0 saturated heterocycles. The van der Waals surface area contributed by atoms with Crippen LogP contribution in [-0.2, 0) is 90.4 Å². The number of allylic oxidation sites excluding steroid dienone is 2. The first-order valence-electron chi connectivity index (χ1n) is 36.8. The van der Waals surface area contributed by atoms with E-state index < -0.39 is 37.3 Å². The Hall–Kier alpha value is 1.60. The molecule has 3 radical (unpaired) electrons. The van der Waals surface area contributed by atoms with Crippen LogP contribution < -0.4 is 59.1 Å². The normalized spacial score (nSPS) is 35.3. The molecule has 16 nitrogen and oxygen atoms in total. The van der Waals surface area contributed by atoms with E-state index in [4.69, 9.17) is 26.0 Å². The molecule has 579 valence electrons. The number of fused-ring (bicyclic) bond motifs is 10. The molecule has 6 unspecified atom stereocenters. The summed E-state index contributed by atoms with van der Waals surface area (Å²) >= 11 is 0. The molecule has 0 aromatic carbocycles. The first-order valence-corrected chi connectivity index (χ1v) is 39.5. The van der Waals surface area contributed by atoms with E-state index in [1.54, 1.807) is 11.9 Å². The van der Waals surface area contributed by atoms with Gasteiger partial charge in [0.25, 0.3) is 10.1 Å². The van der Waals surface area contributed by atoms with Gasteiger partial charge in [-0.3, -0.25) is 15.6 Å². The Bertz CT molecular complexity index is 2530. The molecule has 0 aromatic rings. The van der Waals surface area contributed by atoms with Crippen LogP contribution >= 0.6 is 0 Å². The number of hydrogen-bond donors (Lipinski definition) is 2. The summed E-state index contributed by atoms with van der Waals surface area (Å²) in [5.74, 6) is 9.19. The van der Waals surface area contributed by atoms with Gasteiger partial charge in [0, 0.05) is 28.0 Å². The van der Waals surface area contributed by atoms with Crippen LogP contribution in [0, 0.1) is 118 Å². The Morgan fingerprint density at radius 3 is 1.28 bits per heavy atom. The molecule has 10 rings (SSSR count). The first-order chi connectivity index (χ1) is 42.5. The van der Waals surface area contributed by atoms with Crippen molar-refractivity contribution in [2.45, 2.75) is 317 Å². The van der Waals surface area contributed by atoms with Crippen molar-refractivity contribution in [2.24, 2.45) is 105 Å². The quantitative estimate of drug-likeness (QED) is 0.0336. The third-order valence-electron chi connectivity index (χ3n) is 26.8. The van der Waals surface area contributed by atoms with Gasteiger partial charge in [0.15, 0.2) is 5.25 Å². The van der Waals surface area contributed by atoms with Crippen LogP contribution in [0.1, 0.15) is 282 Å². The van der Waals surface area contributed by atoms with Crippen molar-refractivity contribution < 1.29 is 169 Å². The average Bonchev–Trinajstić information content (AvgIpc) is 1.41. The molecule has 8 saturated carbocycles. The second-order valence-corrected chi connectivity index (χ2v) is 35.8. The summed E-state index contributed by atoms with van der Waals surface area (Å²) in [4.78, 5) is 22.1. The Morgan fingerprint density at radius 2 is 0.970 bits per heavy atom. The summed E-state index contributed by atoms with van der Waals surface area (Å²) in [7, 11) is -7.04. The molecule has 0 aromatic heterocycles. The van der Waals surface area contributed by atoms with E-state index in [1.807, 2.05) is 0 Å². The smallest absolute Gasteiger partial charge is 0.870 e. The zero-order valence-electron chi connectivity index (χ0n) is 63.2. The summed E-state index contributed by atoms with van der Waals surface area (Å²) in [6, 6.07) is 0.285. The van der Waals surface area contributed by atoms with Crippen molar-refractivity contribution in [1.29, 1.82) is 0 Å². The molecule has 10 aliphatic rings. The van der Waals surface area contributed by atoms with E-state index in [0.717, 1.165) is 116 Å². The first kappa shape index (κ1) is 108. The number of carbonyl (C=O) groups is 1. The zero-order chi connectivity index (χ0) is 65.9. The van der Waals surface area contributed by atoms with Crippen molar-refractivity contribution >= 4 is 41.5 Å². The van der Waals surface area contributed by atoms with Crippen LogP contribution in [0.4, 0.5) is 0 Å². The van der Waals surface area contributed by atoms with E-state index in [2.05, 4.69) is 95.2 Å². The Morgan fingerprint density at radius 1 is 0.600 bits per heavy atom. The Kier molecular flexibility index (Phi) is 53.0. The van der Waals surface area contributed by atoms with Gasteiger partial charge in [-0.1, -0.05) is 207 Å². The van der Waals surface area contributed by atoms with Crippen LogP contribution in [0.5, 0.6) is 0 Å². The maximum absolute atomic E-state index is 11.4. The number of hydrogen-bond acceptors (Lipinski definition) is 11. The SMILES string of the molecule is C.CC(C)CCC[C@@H](C)[C@H]1CC[C@H]2[C@@H]3CC=C4C[C@@H](OCCC(C(=O)O)S(=O)(=O)O)CC[C@]4(C)[C@H]3CC[C@]12C.CC(C)CCC[C@@H](C)[C@H]1CC[C@H]2[C@@H]3CC=C4C[C@@H](OCCC([C-]=O)[S-](=O)=O)CC[C@]4(C)[C@H]3CC[C@]12C.O.O.[B].[CH2-]C1CCCCC1[NH-].[CH2-]C1CCCCC1[NH-].[Na+].[Na+].[OH-].[OH-].[Pt+2].[Pt+2]. The summed E-state index contributed by atoms with van der Waals surface area (Å²) in [5.41, 5.74) is 19.4. The van der Waals surface area contributed by atoms with Gasteiger partial charge in [-0.05, 0) is 195 Å². The third kappa shape index (κ3) is 27.5. The topological polar surface area (TPSA) is 332 Å². The fourth-order valence-electron chi connectivity index (χ4n) is 21.3. The second-order valence-electron chi connectivity index (χ2n) is 33.1. The Balaban J connectivity index is -0.000000693. The molecular formula is C77H138BN2Na2O14Pt2S2-2. The van der Waals surface area contributed by atoms with Crippen LogP contribution in [0.3, 0.4) is 0 Å². The maximum Gasteiger partial charge on any atom is 2.00 e. The number of carboxylic acids is 1. The van der Waals surface area contributed by atoms with Crippen LogP contribution in [0.15, 0.2) is 23.3 Å². The Labute approximate surface area is 686 Å². The number of carbonyl (C=O) groups excluding carboxylic acids is 1. The predicted octanol–water partition coefficient (Wildman–Crippen LogP) is 11.9. The van der Waals surface area contributed by atoms with Gasteiger partial charge < -0.3 is 75.0 Å². The van der Waals surface area contributed by atoms with Gasteiger partial charge in [-0.25, -0.2) is 0 Å². The van der Waals surface area contributed by atoms with Gasteiger partial charge in [0.05, 0.1) is 12.2 Å². The molecule has 10 aliphatic carbocycles. The maximum atomic E-state index is 11.4. The molecule has 22 atom stereocenters. The molecule has 8 fully saturated rings. The zero-order valence-corrected chi connectivity index (χ0v) is 73.4. The number of rotatable bonds is 22. The van der Waals surface area contributed by atoms with E-state index in [0.29, 0.717) is 34.7 Å². The predicted molar refractivity (Wildman–Crippen MR) is 390 cm³/mol. The largest absolute Gasteiger partial charge is 2.00 e. The summed E-state index contributed by atoms with van der Waals surface area (Å²) < 4.78 is 66.1. The minimum Gasteiger partial charge on any atom is -0.870 e. The molecule has 100 heavy (non-hydrogen) atoms. The van der Waals surface area contributed by atoms with Crippen molar-refractivity contribution in [3.63, 3.8) is 0 Å². The minimum atomic E-state index is -4.63. The second kappa shape index (κ2) is 49.1. The van der Waals surface area contributed by atoms with E-state index in [9.17, 15) is 31.0 Å². The number of aliphatic carboxylic acids is 1. The molecule has 0 heterocycles. The number of ether oxygens (including phenoxy) is 2. The molecule has 23 heteroatoms. The summed E-state index contributed by atoms with van der Waals surface area (Å²) in [6.07, 6.45) is 44.1. The van der Waals surface area contributed by atoms with Crippen molar-refractivity contribution in [1.82, 2.24) is 0 Å². The fraction of sp³-hybridized carbons (Fsp3) is 0.896. The van der Waals surface area contributed by atoms with Crippen LogP contribution in [0.2, 0.25) is 0 Å². The van der Waals surface area contributed by atoms with Gasteiger partial charge in [0.2, 0.25) is 0 Å². The monoisotopic (exact) mass is 1830 g/mol. The molecule has 0 bridgehead atoms. The minimum absolute atomic E-state index is 0. The van der Waals surface area contributed by atoms with Gasteiger partial charge in [-0.15, -0.1) is 0 Å². The molecule has 10 N–H and O–H groups in total. The van der Waals surface area contributed by atoms with Gasteiger partial charge >= 0.3 is 107 Å². The standard InChI is InChI=1S/C31H52O6S.C31H50O4S.2C7H13N.CH4.B.2Na.4H2O.2Pt/c1-20(2)7-6-8-21(3)25-11-12-26-24-10-9-22-19-23(37-18-15-28(29(32)33)38(34,35)36)13-16-30(22,4)27(24)14-17-31(25,26)5;1-21(2)7-6-8-22(3)27-11-12-28-26-10-9-23-19-24(35-18-15-25(20-32)36(33)34)13-16-30(23,4)29(26)14-17-31(27,28)5;2*1-6-4-2-3-5-7(6)8;;;;;;;;;;/h9,20-21,23-28H,6-8,10-19H2,1-5H3,(H,32,33)(H,34,35,36);9,21-22,24-29H,6-8,10-19H2,1-5H3;2*6-8H,1-5H2;1H4;;;;4*1H2;;/q;3*-2;;;2*+1;;;;;2*+2/p-2/t21-,23+,24+,25-,26+,27+,28?,30+,31-;22-,24+,25?,26+,27-,28+,29+,30+,31-;;;;;;;;;;;;/m11............/s1. The molecule has 0 amide bonds. The van der Waals surface area contributed by atoms with E-state index in [1.165, 1.54) is 153 Å². The van der Waals surface area contributed by atoms with Crippen LogP contribution in [0.25, 0.3) is 11.5 Å². The van der Waals surface area contributed by atoms with E-state index >= 15 is 0 Å². The van der Waals surface area contributed by atoms with E-state index in [-0.39, 0.29) is 188 Å². The van der Waals surface area contributed by atoms with Gasteiger partial charge in [0.1, 0.15) is 0 Å². The molecule has 0 spiro atoms. The molecule has 0 aliphatic heterocycles. The van der Waals surface area contributed by atoms with Crippen molar-refractivity contribution in [3.8, 4) is 0 Å². The fourth-order valence-corrected chi connectivity index (χ4v) is 22.3. The third-order valence-corrected chi connectivity index (χ3v) is 28.8.